The van der Waals surface area contributed by atoms with Gasteiger partial charge in [-0.3, -0.25) is 9.55 Å². The number of nitrogens with zero attached hydrogens (tertiary/aromatic N) is 7. The molecule has 3 saturated carbocycles. The Kier molecular flexibility index (Phi) is 3.94. The van der Waals surface area contributed by atoms with Crippen LogP contribution in [0.1, 0.15) is 54.9 Å². The Morgan fingerprint density at radius 1 is 1.00 bits per heavy atom. The predicted molar refractivity (Wildman–Crippen MR) is 113 cm³/mol. The summed E-state index contributed by atoms with van der Waals surface area (Å²) in [5.41, 5.74) is -0.913. The Balaban J connectivity index is 1.24. The van der Waals surface area contributed by atoms with Gasteiger partial charge in [0.1, 0.15) is 29.6 Å². The van der Waals surface area contributed by atoms with Crippen LogP contribution in [0.15, 0.2) is 25.0 Å². The average molecular weight is 473 g/mol. The maximum atomic E-state index is 15.9. The zero-order chi connectivity index (χ0) is 23.4. The fourth-order valence-corrected chi connectivity index (χ4v) is 5.97. The summed E-state index contributed by atoms with van der Waals surface area (Å²) in [6, 6.07) is 0.336. The van der Waals surface area contributed by atoms with Gasteiger partial charge in [0.05, 0.1) is 23.8 Å². The molecule has 3 aromatic heterocycles. The van der Waals surface area contributed by atoms with Gasteiger partial charge in [-0.25, -0.2) is 9.37 Å². The van der Waals surface area contributed by atoms with E-state index in [-0.39, 0.29) is 30.1 Å². The maximum Gasteiger partial charge on any atom is 0.400 e. The van der Waals surface area contributed by atoms with Gasteiger partial charge in [0, 0.05) is 42.6 Å². The van der Waals surface area contributed by atoms with Crippen molar-refractivity contribution in [3.8, 4) is 5.69 Å². The summed E-state index contributed by atoms with van der Waals surface area (Å²) in [7, 11) is 0. The summed E-state index contributed by atoms with van der Waals surface area (Å²) in [5.74, 6) is 0.914. The number of piperidine rings is 1. The smallest absolute Gasteiger partial charge is 0.367 e. The molecule has 0 aromatic carbocycles. The molecule has 0 amide bonds. The summed E-state index contributed by atoms with van der Waals surface area (Å²) in [6.07, 6.45) is 3.74. The fourth-order valence-electron chi connectivity index (χ4n) is 5.97. The number of imidazole rings is 1. The van der Waals surface area contributed by atoms with Gasteiger partial charge >= 0.3 is 6.18 Å². The number of pyridine rings is 1. The van der Waals surface area contributed by atoms with Gasteiger partial charge in [-0.1, -0.05) is 0 Å². The molecule has 1 saturated heterocycles. The van der Waals surface area contributed by atoms with Crippen molar-refractivity contribution in [2.24, 2.45) is 11.8 Å². The molecule has 0 spiro atoms. The standard InChI is InChI=1S/C23H23F4N7/c1-12-20(22(4-5-22)23(25,26)27)31-21(13-2-3-13)34(12)17-7-28-6-16(18(17)24)32-8-14-15(9-32)19(14)33-10-29-30-11-33/h6-7,10-11,13-15,19H,2-5,8-9H2,1H3. The SMILES string of the molecule is Cc1c(C2(C(F)(F)F)CC2)nc(C2CC2)n1-c1cncc(N2CC3C(C2)C3n2cnnc2)c1F. The van der Waals surface area contributed by atoms with Gasteiger partial charge in [0.2, 0.25) is 0 Å². The zero-order valence-corrected chi connectivity index (χ0v) is 18.5. The Morgan fingerprint density at radius 3 is 2.24 bits per heavy atom. The van der Waals surface area contributed by atoms with E-state index >= 15 is 4.39 Å². The molecule has 3 aliphatic carbocycles. The second kappa shape index (κ2) is 6.57. The molecule has 3 aromatic rings. The lowest BCUT2D eigenvalue weighted by Gasteiger charge is -2.24. The van der Waals surface area contributed by atoms with Crippen molar-refractivity contribution in [1.82, 2.24) is 29.3 Å². The number of alkyl halides is 3. The molecule has 178 valence electrons. The number of aromatic nitrogens is 6. The molecular weight excluding hydrogens is 450 g/mol. The number of hydrogen-bond donors (Lipinski definition) is 0. The minimum atomic E-state index is -4.37. The summed E-state index contributed by atoms with van der Waals surface area (Å²) < 4.78 is 61.2. The average Bonchev–Trinajstić information content (AvgIpc) is 3.77. The summed E-state index contributed by atoms with van der Waals surface area (Å²) in [4.78, 5) is 10.8. The first kappa shape index (κ1) is 20.4. The summed E-state index contributed by atoms with van der Waals surface area (Å²) in [5, 5.41) is 7.74. The van der Waals surface area contributed by atoms with E-state index in [0.717, 1.165) is 12.8 Å². The van der Waals surface area contributed by atoms with E-state index in [1.165, 1.54) is 12.4 Å². The van der Waals surface area contributed by atoms with Crippen molar-refractivity contribution < 1.29 is 17.6 Å². The molecule has 4 heterocycles. The van der Waals surface area contributed by atoms with Crippen molar-refractivity contribution in [1.29, 1.82) is 0 Å². The summed E-state index contributed by atoms with van der Waals surface area (Å²) >= 11 is 0. The van der Waals surface area contributed by atoms with Crippen molar-refractivity contribution in [2.75, 3.05) is 18.0 Å². The molecule has 2 unspecified atom stereocenters. The maximum absolute atomic E-state index is 15.9. The molecule has 34 heavy (non-hydrogen) atoms. The highest BCUT2D eigenvalue weighted by Crippen LogP contribution is 2.60. The van der Waals surface area contributed by atoms with E-state index in [4.69, 9.17) is 0 Å². The minimum absolute atomic E-state index is 0.0311. The Morgan fingerprint density at radius 2 is 1.65 bits per heavy atom. The first-order valence-electron chi connectivity index (χ1n) is 11.7. The van der Waals surface area contributed by atoms with E-state index in [9.17, 15) is 13.2 Å². The van der Waals surface area contributed by atoms with Gasteiger partial charge in [-0.05, 0) is 32.6 Å². The molecule has 0 bridgehead atoms. The number of rotatable bonds is 5. The Hall–Kier alpha value is -2.98. The van der Waals surface area contributed by atoms with Crippen molar-refractivity contribution in [3.63, 3.8) is 0 Å². The highest BCUT2D eigenvalue weighted by atomic mass is 19.4. The van der Waals surface area contributed by atoms with Crippen molar-refractivity contribution in [2.45, 2.75) is 56.2 Å². The third-order valence-corrected chi connectivity index (χ3v) is 8.18. The molecule has 11 heteroatoms. The van der Waals surface area contributed by atoms with Gasteiger partial charge in [0.15, 0.2) is 5.82 Å². The van der Waals surface area contributed by atoms with E-state index in [0.29, 0.717) is 48.2 Å². The van der Waals surface area contributed by atoms with E-state index < -0.39 is 17.4 Å². The summed E-state index contributed by atoms with van der Waals surface area (Å²) in [6.45, 7) is 3.01. The lowest BCUT2D eigenvalue weighted by Crippen LogP contribution is -2.30. The normalized spacial score (nSPS) is 27.2. The van der Waals surface area contributed by atoms with Crippen LogP contribution in [0.2, 0.25) is 0 Å². The molecule has 4 aliphatic rings. The lowest BCUT2D eigenvalue weighted by atomic mass is 10.0. The number of halogens is 4. The third kappa shape index (κ3) is 2.75. The predicted octanol–water partition coefficient (Wildman–Crippen LogP) is 4.08. The van der Waals surface area contributed by atoms with Crippen LogP contribution in [-0.4, -0.2) is 48.6 Å². The van der Waals surface area contributed by atoms with Gasteiger partial charge in [-0.2, -0.15) is 13.2 Å². The number of fused-ring (bicyclic) bond motifs is 1. The van der Waals surface area contributed by atoms with Crippen LogP contribution in [0.4, 0.5) is 23.2 Å². The van der Waals surface area contributed by atoms with Gasteiger partial charge < -0.3 is 9.47 Å². The number of anilines is 1. The molecule has 2 atom stereocenters. The van der Waals surface area contributed by atoms with E-state index in [2.05, 4.69) is 20.2 Å². The van der Waals surface area contributed by atoms with Crippen LogP contribution >= 0.6 is 0 Å². The first-order chi connectivity index (χ1) is 16.3. The third-order valence-electron chi connectivity index (χ3n) is 8.18. The molecular formula is C23H23F4N7. The Bertz CT molecular complexity index is 1260. The second-order valence-electron chi connectivity index (χ2n) is 10.2. The molecule has 1 aliphatic heterocycles. The van der Waals surface area contributed by atoms with E-state index in [1.807, 2.05) is 9.47 Å². The highest BCUT2D eigenvalue weighted by Gasteiger charge is 2.66. The monoisotopic (exact) mass is 473 g/mol. The van der Waals surface area contributed by atoms with Gasteiger partial charge in [0.25, 0.3) is 0 Å². The minimum Gasteiger partial charge on any atom is -0.367 e. The van der Waals surface area contributed by atoms with Crippen molar-refractivity contribution in [3.05, 3.63) is 48.1 Å². The van der Waals surface area contributed by atoms with Crippen LogP contribution < -0.4 is 4.90 Å². The van der Waals surface area contributed by atoms with Gasteiger partial charge in [-0.15, -0.1) is 10.2 Å². The molecule has 7 nitrogen and oxygen atoms in total. The molecule has 7 rings (SSSR count). The van der Waals surface area contributed by atoms with Crippen LogP contribution in [-0.2, 0) is 5.41 Å². The second-order valence-corrected chi connectivity index (χ2v) is 10.2. The molecule has 0 N–H and O–H groups in total. The van der Waals surface area contributed by atoms with Crippen LogP contribution in [0, 0.1) is 24.6 Å². The zero-order valence-electron chi connectivity index (χ0n) is 18.5. The fraction of sp³-hybridized carbons (Fsp3) is 0.565. The lowest BCUT2D eigenvalue weighted by molar-refractivity contribution is -0.161. The molecule has 4 fully saturated rings. The van der Waals surface area contributed by atoms with Crippen LogP contribution in [0.25, 0.3) is 5.69 Å². The molecule has 0 radical (unpaired) electrons. The largest absolute Gasteiger partial charge is 0.400 e. The highest BCUT2D eigenvalue weighted by molar-refractivity contribution is 5.56. The number of hydrogen-bond acceptors (Lipinski definition) is 5. The topological polar surface area (TPSA) is 64.7 Å². The van der Waals surface area contributed by atoms with E-state index in [1.54, 1.807) is 24.1 Å². The Labute approximate surface area is 192 Å². The quantitative estimate of drug-likeness (QED) is 0.523. The van der Waals surface area contributed by atoms with Crippen LogP contribution in [0.5, 0.6) is 0 Å². The first-order valence-corrected chi connectivity index (χ1v) is 11.7. The van der Waals surface area contributed by atoms with Crippen LogP contribution in [0.3, 0.4) is 0 Å². The van der Waals surface area contributed by atoms with Crippen molar-refractivity contribution >= 4 is 5.69 Å².